The second-order valence-corrected chi connectivity index (χ2v) is 7.19. The van der Waals surface area contributed by atoms with Crippen LogP contribution in [-0.4, -0.2) is 9.97 Å². The fraction of sp³-hybridized carbons (Fsp3) is 0.0833. The summed E-state index contributed by atoms with van der Waals surface area (Å²) in [7, 11) is 0. The number of benzene rings is 2. The van der Waals surface area contributed by atoms with Gasteiger partial charge in [0.2, 0.25) is 0 Å². The molecule has 2 nitrogen and oxygen atoms in total. The van der Waals surface area contributed by atoms with Crippen LogP contribution in [0.2, 0.25) is 0 Å². The second kappa shape index (κ2) is 7.85. The van der Waals surface area contributed by atoms with Gasteiger partial charge in [-0.1, -0.05) is 70.6 Å². The third-order valence-electron chi connectivity index (χ3n) is 4.57. The van der Waals surface area contributed by atoms with Gasteiger partial charge in [-0.25, -0.2) is 0 Å². The largest absolute Gasteiger partial charge is 0.253 e. The monoisotopic (exact) mass is 414 g/mol. The predicted molar refractivity (Wildman–Crippen MR) is 119 cm³/mol. The van der Waals surface area contributed by atoms with Crippen LogP contribution in [0, 0.1) is 0 Å². The Morgan fingerprint density at radius 3 is 2.78 bits per heavy atom. The zero-order chi connectivity index (χ0) is 18.6. The molecule has 0 N–H and O–H groups in total. The van der Waals surface area contributed by atoms with Crippen molar-refractivity contribution in [3.63, 3.8) is 0 Å². The van der Waals surface area contributed by atoms with Crippen molar-refractivity contribution in [1.29, 1.82) is 0 Å². The van der Waals surface area contributed by atoms with Crippen LogP contribution in [0.1, 0.15) is 18.9 Å². The minimum atomic E-state index is 0.911. The summed E-state index contributed by atoms with van der Waals surface area (Å²) in [5, 5.41) is 2.31. The number of rotatable bonds is 3. The van der Waals surface area contributed by atoms with Crippen LogP contribution in [0.5, 0.6) is 0 Å². The fourth-order valence-corrected chi connectivity index (χ4v) is 3.91. The Kier molecular flexibility index (Phi) is 5.12. The zero-order valence-electron chi connectivity index (χ0n) is 15.1. The summed E-state index contributed by atoms with van der Waals surface area (Å²) in [4.78, 5) is 9.08. The molecule has 1 aromatic heterocycles. The van der Waals surface area contributed by atoms with Gasteiger partial charge >= 0.3 is 0 Å². The highest BCUT2D eigenvalue weighted by atomic mass is 79.9. The Morgan fingerprint density at radius 2 is 1.93 bits per heavy atom. The lowest BCUT2D eigenvalue weighted by Gasteiger charge is -2.11. The van der Waals surface area contributed by atoms with Gasteiger partial charge < -0.3 is 0 Å². The average Bonchev–Trinajstić information content (AvgIpc) is 2.92. The molecular weight excluding hydrogens is 396 g/mol. The maximum absolute atomic E-state index is 4.55. The Morgan fingerprint density at radius 1 is 1.11 bits per heavy atom. The highest BCUT2D eigenvalue weighted by molar-refractivity contribution is 9.12. The second-order valence-electron chi connectivity index (χ2n) is 6.33. The number of halogens is 1. The molecule has 0 amide bonds. The van der Waals surface area contributed by atoms with Crippen LogP contribution < -0.4 is 0 Å². The third kappa shape index (κ3) is 3.56. The quantitative estimate of drug-likeness (QED) is 0.343. The normalized spacial score (nSPS) is 15.3. The summed E-state index contributed by atoms with van der Waals surface area (Å²) < 4.78 is 1.09. The molecule has 0 saturated heterocycles. The molecule has 3 heteroatoms. The molecule has 0 saturated carbocycles. The SMILES string of the molecule is C/C=C\C(=C/c1cc2nccnc2c2ccccc12)C1=CCC=CC=C1Br. The van der Waals surface area contributed by atoms with Crippen molar-refractivity contribution in [3.05, 3.63) is 100 Å². The summed E-state index contributed by atoms with van der Waals surface area (Å²) in [5.74, 6) is 0. The molecule has 0 unspecified atom stereocenters. The van der Waals surface area contributed by atoms with E-state index in [1.807, 2.05) is 6.92 Å². The first-order valence-electron chi connectivity index (χ1n) is 8.98. The first kappa shape index (κ1) is 17.6. The number of aromatic nitrogens is 2. The number of nitrogens with zero attached hydrogens (tertiary/aromatic N) is 2. The van der Waals surface area contributed by atoms with Crippen LogP contribution in [0.4, 0.5) is 0 Å². The molecule has 4 rings (SSSR count). The lowest BCUT2D eigenvalue weighted by Crippen LogP contribution is -1.91. The molecule has 132 valence electrons. The highest BCUT2D eigenvalue weighted by Gasteiger charge is 2.11. The van der Waals surface area contributed by atoms with Crippen molar-refractivity contribution >= 4 is 43.8 Å². The topological polar surface area (TPSA) is 25.8 Å². The summed E-state index contributed by atoms with van der Waals surface area (Å²) in [6.07, 6.45) is 19.5. The number of hydrogen-bond acceptors (Lipinski definition) is 2. The van der Waals surface area contributed by atoms with E-state index >= 15 is 0 Å². The molecule has 27 heavy (non-hydrogen) atoms. The molecule has 0 atom stereocenters. The number of allylic oxidation sites excluding steroid dienone is 9. The van der Waals surface area contributed by atoms with Gasteiger partial charge in [0.15, 0.2) is 0 Å². The predicted octanol–water partition coefficient (Wildman–Crippen LogP) is 6.91. The van der Waals surface area contributed by atoms with Gasteiger partial charge in [0, 0.05) is 22.3 Å². The van der Waals surface area contributed by atoms with Crippen molar-refractivity contribution in [3.8, 4) is 0 Å². The van der Waals surface area contributed by atoms with E-state index < -0.39 is 0 Å². The standard InChI is InChI=1S/C24H19BrN2/c1-2-8-17(20-10-4-3-5-12-22(20)25)15-18-16-23-24(27-14-13-26-23)21-11-7-6-9-19(18)21/h2-3,5-16H,4H2,1H3/b8-2-,17-15+. The van der Waals surface area contributed by atoms with Gasteiger partial charge in [0.25, 0.3) is 0 Å². The average molecular weight is 415 g/mol. The highest BCUT2D eigenvalue weighted by Crippen LogP contribution is 2.32. The number of fused-ring (bicyclic) bond motifs is 3. The molecule has 0 radical (unpaired) electrons. The van der Waals surface area contributed by atoms with Gasteiger partial charge in [0.1, 0.15) is 0 Å². The molecule has 2 aromatic carbocycles. The van der Waals surface area contributed by atoms with E-state index in [2.05, 4.69) is 98.8 Å². The van der Waals surface area contributed by atoms with E-state index in [1.165, 1.54) is 11.0 Å². The van der Waals surface area contributed by atoms with E-state index in [0.29, 0.717) is 0 Å². The van der Waals surface area contributed by atoms with Crippen molar-refractivity contribution < 1.29 is 0 Å². The van der Waals surface area contributed by atoms with E-state index in [0.717, 1.165) is 38.5 Å². The fourth-order valence-electron chi connectivity index (χ4n) is 3.37. The molecule has 1 aliphatic rings. The van der Waals surface area contributed by atoms with Crippen molar-refractivity contribution in [1.82, 2.24) is 9.97 Å². The smallest absolute Gasteiger partial charge is 0.0965 e. The molecule has 3 aromatic rings. The van der Waals surface area contributed by atoms with Gasteiger partial charge in [-0.15, -0.1) is 0 Å². The molecule has 1 aliphatic carbocycles. The minimum absolute atomic E-state index is 0.911. The Labute approximate surface area is 167 Å². The van der Waals surface area contributed by atoms with Crippen LogP contribution in [-0.2, 0) is 0 Å². The molecule has 0 fully saturated rings. The molecular formula is C24H19BrN2. The van der Waals surface area contributed by atoms with Gasteiger partial charge in [0.05, 0.1) is 11.0 Å². The maximum atomic E-state index is 4.55. The van der Waals surface area contributed by atoms with Crippen molar-refractivity contribution in [2.24, 2.45) is 0 Å². The molecule has 0 spiro atoms. The van der Waals surface area contributed by atoms with Crippen LogP contribution in [0.15, 0.2) is 94.8 Å². The number of hydrogen-bond donors (Lipinski definition) is 0. The molecule has 0 aliphatic heterocycles. The maximum Gasteiger partial charge on any atom is 0.0965 e. The summed E-state index contributed by atoms with van der Waals surface area (Å²) in [6.45, 7) is 2.05. The molecule has 1 heterocycles. The first-order valence-corrected chi connectivity index (χ1v) is 9.77. The summed E-state index contributed by atoms with van der Waals surface area (Å²) in [5.41, 5.74) is 5.36. The van der Waals surface area contributed by atoms with Crippen molar-refractivity contribution in [2.75, 3.05) is 0 Å². The van der Waals surface area contributed by atoms with Crippen LogP contribution >= 0.6 is 15.9 Å². The zero-order valence-corrected chi connectivity index (χ0v) is 16.6. The summed E-state index contributed by atoms with van der Waals surface area (Å²) >= 11 is 3.72. The Balaban J connectivity index is 1.97. The van der Waals surface area contributed by atoms with E-state index in [1.54, 1.807) is 12.4 Å². The first-order chi connectivity index (χ1) is 13.3. The Hall–Kier alpha value is -2.78. The molecule has 0 bridgehead atoms. The lowest BCUT2D eigenvalue weighted by molar-refractivity contribution is 1.30. The van der Waals surface area contributed by atoms with Crippen LogP contribution in [0.25, 0.3) is 27.9 Å². The van der Waals surface area contributed by atoms with Crippen molar-refractivity contribution in [2.45, 2.75) is 13.3 Å². The van der Waals surface area contributed by atoms with Gasteiger partial charge in [-0.2, -0.15) is 0 Å². The Bertz CT molecular complexity index is 1160. The van der Waals surface area contributed by atoms with E-state index in [4.69, 9.17) is 0 Å². The van der Waals surface area contributed by atoms with E-state index in [-0.39, 0.29) is 0 Å². The van der Waals surface area contributed by atoms with Gasteiger partial charge in [-0.05, 0) is 53.7 Å². The van der Waals surface area contributed by atoms with E-state index in [9.17, 15) is 0 Å². The lowest BCUT2D eigenvalue weighted by atomic mass is 9.97. The van der Waals surface area contributed by atoms with Gasteiger partial charge in [-0.3, -0.25) is 9.97 Å². The van der Waals surface area contributed by atoms with Crippen LogP contribution in [0.3, 0.4) is 0 Å². The summed E-state index contributed by atoms with van der Waals surface area (Å²) in [6, 6.07) is 10.5. The third-order valence-corrected chi connectivity index (χ3v) is 5.27. The minimum Gasteiger partial charge on any atom is -0.253 e.